The van der Waals surface area contributed by atoms with Crippen molar-refractivity contribution >= 4 is 22.7 Å². The van der Waals surface area contributed by atoms with Crippen LogP contribution in [0.1, 0.15) is 36.8 Å². The van der Waals surface area contributed by atoms with Gasteiger partial charge in [-0.15, -0.1) is 0 Å². The van der Waals surface area contributed by atoms with Crippen LogP contribution in [0.3, 0.4) is 0 Å². The SMILES string of the molecule is OCCNc1ccc(C2(COCC3(c4ccc(NCCO)cc4NCCO)CCCO3)CCCO2)c(NCCO)c1. The number of aliphatic hydroxyl groups excluding tert-OH is 4. The van der Waals surface area contributed by atoms with E-state index in [1.165, 1.54) is 0 Å². The van der Waals surface area contributed by atoms with Crippen molar-refractivity contribution < 1.29 is 34.6 Å². The van der Waals surface area contributed by atoms with Crippen LogP contribution < -0.4 is 21.3 Å². The molecule has 2 unspecified atom stereocenters. The molecule has 8 N–H and O–H groups in total. The van der Waals surface area contributed by atoms with Gasteiger partial charge in [-0.25, -0.2) is 0 Å². The van der Waals surface area contributed by atoms with Crippen molar-refractivity contribution in [1.29, 1.82) is 0 Å². The Kier molecular flexibility index (Phi) is 11.9. The zero-order valence-corrected chi connectivity index (χ0v) is 23.8. The minimum absolute atomic E-state index is 0.00108. The molecule has 11 nitrogen and oxygen atoms in total. The van der Waals surface area contributed by atoms with Crippen LogP contribution in [-0.2, 0) is 25.4 Å². The van der Waals surface area contributed by atoms with Gasteiger partial charge in [-0.2, -0.15) is 0 Å². The molecular weight excluding hydrogens is 528 g/mol. The van der Waals surface area contributed by atoms with E-state index in [9.17, 15) is 20.4 Å². The van der Waals surface area contributed by atoms with Crippen molar-refractivity contribution in [2.75, 3.05) is 100 Å². The summed E-state index contributed by atoms with van der Waals surface area (Å²) in [4.78, 5) is 0. The molecule has 4 rings (SSSR count). The Hall–Kier alpha value is -2.64. The molecule has 0 saturated carbocycles. The topological polar surface area (TPSA) is 157 Å². The largest absolute Gasteiger partial charge is 0.395 e. The highest BCUT2D eigenvalue weighted by atomic mass is 16.6. The summed E-state index contributed by atoms with van der Waals surface area (Å²) in [6.07, 6.45) is 3.41. The van der Waals surface area contributed by atoms with E-state index < -0.39 is 11.2 Å². The molecule has 2 aliphatic heterocycles. The lowest BCUT2D eigenvalue weighted by atomic mass is 9.88. The molecule has 0 radical (unpaired) electrons. The highest BCUT2D eigenvalue weighted by molar-refractivity contribution is 5.64. The Morgan fingerprint density at radius 3 is 1.39 bits per heavy atom. The van der Waals surface area contributed by atoms with Crippen LogP contribution in [-0.4, -0.2) is 99.5 Å². The molecule has 2 aliphatic rings. The third kappa shape index (κ3) is 7.81. The van der Waals surface area contributed by atoms with Gasteiger partial charge in [-0.1, -0.05) is 12.1 Å². The van der Waals surface area contributed by atoms with Gasteiger partial charge in [0.15, 0.2) is 0 Å². The van der Waals surface area contributed by atoms with Crippen LogP contribution in [0.5, 0.6) is 0 Å². The maximum absolute atomic E-state index is 9.48. The Labute approximate surface area is 242 Å². The monoisotopic (exact) mass is 574 g/mol. The second-order valence-electron chi connectivity index (χ2n) is 10.5. The van der Waals surface area contributed by atoms with E-state index in [4.69, 9.17) is 14.2 Å². The molecule has 0 bridgehead atoms. The van der Waals surface area contributed by atoms with Crippen LogP contribution >= 0.6 is 0 Å². The first-order valence-corrected chi connectivity index (χ1v) is 14.6. The van der Waals surface area contributed by atoms with Crippen LogP contribution in [0.4, 0.5) is 22.7 Å². The Morgan fingerprint density at radius 2 is 1.02 bits per heavy atom. The average molecular weight is 575 g/mol. The maximum atomic E-state index is 9.48. The quantitative estimate of drug-likeness (QED) is 0.132. The number of anilines is 4. The first-order valence-electron chi connectivity index (χ1n) is 14.6. The van der Waals surface area contributed by atoms with Crippen LogP contribution in [0.25, 0.3) is 0 Å². The average Bonchev–Trinajstić information content (AvgIpc) is 3.68. The van der Waals surface area contributed by atoms with Crippen molar-refractivity contribution in [2.24, 2.45) is 0 Å². The lowest BCUT2D eigenvalue weighted by Gasteiger charge is -2.35. The lowest BCUT2D eigenvalue weighted by Crippen LogP contribution is -2.37. The van der Waals surface area contributed by atoms with Crippen molar-refractivity contribution in [3.05, 3.63) is 47.5 Å². The molecule has 228 valence electrons. The van der Waals surface area contributed by atoms with Gasteiger partial charge in [0.1, 0.15) is 11.2 Å². The van der Waals surface area contributed by atoms with E-state index in [0.29, 0.717) is 52.6 Å². The highest BCUT2D eigenvalue weighted by Gasteiger charge is 2.43. The molecule has 2 aromatic rings. The molecule has 2 heterocycles. The predicted octanol–water partition coefficient (Wildman–Crippen LogP) is 2.03. The number of rotatable bonds is 18. The molecule has 2 fully saturated rings. The number of hydrogen-bond acceptors (Lipinski definition) is 11. The van der Waals surface area contributed by atoms with E-state index in [-0.39, 0.29) is 26.4 Å². The third-order valence-electron chi connectivity index (χ3n) is 7.63. The zero-order valence-electron chi connectivity index (χ0n) is 23.8. The highest BCUT2D eigenvalue weighted by Crippen LogP contribution is 2.44. The smallest absolute Gasteiger partial charge is 0.118 e. The Morgan fingerprint density at radius 1 is 0.610 bits per heavy atom. The van der Waals surface area contributed by atoms with E-state index in [2.05, 4.69) is 21.3 Å². The Bertz CT molecular complexity index is 991. The Balaban J connectivity index is 1.57. The summed E-state index contributed by atoms with van der Waals surface area (Å²) < 4.78 is 19.3. The third-order valence-corrected chi connectivity index (χ3v) is 7.63. The summed E-state index contributed by atoms with van der Waals surface area (Å²) in [6, 6.07) is 12.0. The normalized spacial score (nSPS) is 22.1. The number of nitrogens with one attached hydrogen (secondary N) is 4. The molecule has 11 heteroatoms. The molecule has 41 heavy (non-hydrogen) atoms. The van der Waals surface area contributed by atoms with Gasteiger partial charge in [0.05, 0.1) is 39.6 Å². The molecule has 0 aromatic heterocycles. The van der Waals surface area contributed by atoms with Gasteiger partial charge >= 0.3 is 0 Å². The van der Waals surface area contributed by atoms with E-state index >= 15 is 0 Å². The van der Waals surface area contributed by atoms with Gasteiger partial charge < -0.3 is 55.9 Å². The summed E-state index contributed by atoms with van der Waals surface area (Å²) in [5.41, 5.74) is 4.12. The summed E-state index contributed by atoms with van der Waals surface area (Å²) >= 11 is 0. The van der Waals surface area contributed by atoms with Gasteiger partial charge in [-0.3, -0.25) is 0 Å². The molecule has 2 aromatic carbocycles. The van der Waals surface area contributed by atoms with Gasteiger partial charge in [0.2, 0.25) is 0 Å². The first kappa shape index (κ1) is 31.3. The molecule has 2 atom stereocenters. The van der Waals surface area contributed by atoms with Crippen molar-refractivity contribution in [2.45, 2.75) is 36.9 Å². The lowest BCUT2D eigenvalue weighted by molar-refractivity contribution is -0.116. The first-order chi connectivity index (χ1) is 20.1. The van der Waals surface area contributed by atoms with Crippen LogP contribution in [0.2, 0.25) is 0 Å². The molecule has 0 spiro atoms. The second kappa shape index (κ2) is 15.5. The van der Waals surface area contributed by atoms with Crippen molar-refractivity contribution in [3.63, 3.8) is 0 Å². The van der Waals surface area contributed by atoms with E-state index in [1.54, 1.807) is 0 Å². The van der Waals surface area contributed by atoms with E-state index in [1.807, 2.05) is 36.4 Å². The zero-order chi connectivity index (χ0) is 29.0. The molecule has 0 amide bonds. The standard InChI is InChI=1S/C30H46N4O7/c35-13-9-31-23-3-5-25(27(19-23)33-11-15-37)29(7-1-17-40-29)21-39-22-30(8-2-18-41-30)26-6-4-24(32-10-14-36)20-28(26)34-12-16-38/h3-6,19-20,31-38H,1-2,7-18,21-22H2. The summed E-state index contributed by atoms with van der Waals surface area (Å²) in [5, 5.41) is 50.5. The number of ether oxygens (including phenoxy) is 3. The van der Waals surface area contributed by atoms with Crippen molar-refractivity contribution in [1.82, 2.24) is 0 Å². The second-order valence-corrected chi connectivity index (χ2v) is 10.5. The van der Waals surface area contributed by atoms with E-state index in [0.717, 1.165) is 59.6 Å². The van der Waals surface area contributed by atoms with Crippen LogP contribution in [0.15, 0.2) is 36.4 Å². The van der Waals surface area contributed by atoms with Gasteiger partial charge in [0, 0.05) is 73.3 Å². The molecule has 0 aliphatic carbocycles. The summed E-state index contributed by atoms with van der Waals surface area (Å²) in [6.45, 7) is 3.69. The summed E-state index contributed by atoms with van der Waals surface area (Å²) in [5.74, 6) is 0. The van der Waals surface area contributed by atoms with Gasteiger partial charge in [0.25, 0.3) is 0 Å². The molecule has 2 saturated heterocycles. The number of hydrogen-bond donors (Lipinski definition) is 8. The van der Waals surface area contributed by atoms with Crippen LogP contribution in [0, 0.1) is 0 Å². The number of aliphatic hydroxyl groups is 4. The minimum atomic E-state index is -0.650. The molecular formula is C30H46N4O7. The summed E-state index contributed by atoms with van der Waals surface area (Å²) in [7, 11) is 0. The fraction of sp³-hybridized carbons (Fsp3) is 0.600. The minimum Gasteiger partial charge on any atom is -0.395 e. The van der Waals surface area contributed by atoms with Crippen molar-refractivity contribution in [3.8, 4) is 0 Å². The fourth-order valence-corrected chi connectivity index (χ4v) is 5.76. The maximum Gasteiger partial charge on any atom is 0.118 e. The fourth-order valence-electron chi connectivity index (χ4n) is 5.76. The predicted molar refractivity (Wildman–Crippen MR) is 160 cm³/mol. The van der Waals surface area contributed by atoms with Gasteiger partial charge in [-0.05, 0) is 49.9 Å². The number of benzene rings is 2.